The summed E-state index contributed by atoms with van der Waals surface area (Å²) in [6.45, 7) is 1.17. The first-order valence-corrected chi connectivity index (χ1v) is 10.4. The summed E-state index contributed by atoms with van der Waals surface area (Å²) in [7, 11) is 0. The smallest absolute Gasteiger partial charge is 0.254 e. The number of carbonyl (C=O) groups excluding carboxylic acids is 1. The van der Waals surface area contributed by atoms with E-state index in [0.29, 0.717) is 24.9 Å². The highest BCUT2D eigenvalue weighted by Gasteiger charge is 2.27. The highest BCUT2D eigenvalue weighted by atomic mass is 79.9. The summed E-state index contributed by atoms with van der Waals surface area (Å²) in [4.78, 5) is 14.2. The van der Waals surface area contributed by atoms with Gasteiger partial charge in [-0.3, -0.25) is 9.89 Å². The normalized spacial score (nSPS) is 16.0. The Labute approximate surface area is 177 Å². The molecule has 1 saturated heterocycles. The van der Waals surface area contributed by atoms with Crippen molar-refractivity contribution in [3.05, 3.63) is 53.1 Å². The number of halogens is 1. The fraction of sp³-hybridized carbons (Fsp3) is 0.333. The van der Waals surface area contributed by atoms with Crippen LogP contribution < -0.4 is 10.1 Å². The molecular weight excluding hydrogens is 436 g/mol. The number of likely N-dealkylation sites (tertiary alicyclic amines) is 1. The molecule has 7 nitrogen and oxygen atoms in total. The first-order valence-electron chi connectivity index (χ1n) is 9.63. The van der Waals surface area contributed by atoms with Crippen molar-refractivity contribution in [2.24, 2.45) is 0 Å². The lowest BCUT2D eigenvalue weighted by molar-refractivity contribution is -0.142. The van der Waals surface area contributed by atoms with Crippen molar-refractivity contribution in [1.82, 2.24) is 15.1 Å². The summed E-state index contributed by atoms with van der Waals surface area (Å²) in [5.41, 5.74) is 2.06. The predicted octanol–water partition coefficient (Wildman–Crippen LogP) is 3.17. The molecule has 1 aromatic heterocycles. The van der Waals surface area contributed by atoms with Gasteiger partial charge in [0, 0.05) is 34.7 Å². The van der Waals surface area contributed by atoms with E-state index in [-0.39, 0.29) is 12.5 Å². The molecule has 8 heteroatoms. The van der Waals surface area contributed by atoms with E-state index in [9.17, 15) is 9.90 Å². The molecular formula is C21H23BrN4O3. The van der Waals surface area contributed by atoms with Crippen LogP contribution in [0.25, 0.3) is 10.9 Å². The number of hydrogen-bond donors (Lipinski definition) is 3. The minimum absolute atomic E-state index is 0.0522. The molecule has 2 aromatic carbocycles. The van der Waals surface area contributed by atoms with E-state index in [2.05, 4.69) is 37.5 Å². The number of nitrogens with one attached hydrogen (secondary N) is 2. The average Bonchev–Trinajstić information content (AvgIpc) is 3.21. The van der Waals surface area contributed by atoms with Gasteiger partial charge in [0.2, 0.25) is 0 Å². The Balaban J connectivity index is 1.24. The van der Waals surface area contributed by atoms with Gasteiger partial charge in [-0.05, 0) is 55.3 Å². The van der Waals surface area contributed by atoms with Crippen LogP contribution in [0.4, 0.5) is 5.69 Å². The maximum Gasteiger partial charge on any atom is 0.254 e. The first-order chi connectivity index (χ1) is 14.1. The lowest BCUT2D eigenvalue weighted by Crippen LogP contribution is -2.47. The Kier molecular flexibility index (Phi) is 6.01. The molecule has 0 unspecified atom stereocenters. The number of piperidine rings is 1. The topological polar surface area (TPSA) is 90.5 Å². The number of aromatic nitrogens is 2. The number of anilines is 1. The van der Waals surface area contributed by atoms with Gasteiger partial charge in [-0.25, -0.2) is 0 Å². The van der Waals surface area contributed by atoms with Crippen LogP contribution in [-0.2, 0) is 4.79 Å². The second-order valence-corrected chi connectivity index (χ2v) is 8.11. The number of amides is 1. The number of H-pyrrole nitrogens is 1. The molecule has 0 bridgehead atoms. The second kappa shape index (κ2) is 8.84. The van der Waals surface area contributed by atoms with Crippen molar-refractivity contribution in [2.75, 3.05) is 25.0 Å². The molecule has 1 amide bonds. The van der Waals surface area contributed by atoms with Crippen LogP contribution in [0.3, 0.4) is 0 Å². The number of nitrogens with zero attached hydrogens (tertiary/aromatic N) is 2. The summed E-state index contributed by atoms with van der Waals surface area (Å²) < 4.78 is 6.47. The number of fused-ring (bicyclic) bond motifs is 1. The maximum absolute atomic E-state index is 12.5. The number of aliphatic hydroxyl groups excluding tert-OH is 1. The predicted molar refractivity (Wildman–Crippen MR) is 115 cm³/mol. The molecule has 1 fully saturated rings. The first kappa shape index (κ1) is 19.7. The highest BCUT2D eigenvalue weighted by molar-refractivity contribution is 9.10. The zero-order valence-electron chi connectivity index (χ0n) is 15.8. The van der Waals surface area contributed by atoms with Crippen LogP contribution in [0, 0.1) is 0 Å². The van der Waals surface area contributed by atoms with Crippen LogP contribution in [0.5, 0.6) is 5.75 Å². The summed E-state index contributed by atoms with van der Waals surface area (Å²) in [6, 6.07) is 13.7. The van der Waals surface area contributed by atoms with E-state index in [1.807, 2.05) is 24.3 Å². The molecule has 152 valence electrons. The molecule has 1 aliphatic rings. The SMILES string of the molecule is O=C([C@@H](O)COc1ccc(Br)cc1)N1CCC(Nc2ccc3[nH]ncc3c2)CC1. The van der Waals surface area contributed by atoms with Crippen molar-refractivity contribution in [2.45, 2.75) is 25.0 Å². The van der Waals surface area contributed by atoms with Crippen molar-refractivity contribution < 1.29 is 14.6 Å². The lowest BCUT2D eigenvalue weighted by Gasteiger charge is -2.34. The number of rotatable bonds is 6. The molecule has 1 atom stereocenters. The van der Waals surface area contributed by atoms with Crippen LogP contribution in [-0.4, -0.2) is 58.0 Å². The standard InChI is InChI=1S/C21H23BrN4O3/c22-15-1-4-18(5-2-15)29-13-20(27)21(28)26-9-7-16(8-10-26)24-17-3-6-19-14(11-17)12-23-25-19/h1-6,11-12,16,20,24,27H,7-10,13H2,(H,23,25)/t20-/m0/s1. The van der Waals surface area contributed by atoms with Crippen LogP contribution in [0.15, 0.2) is 53.1 Å². The minimum Gasteiger partial charge on any atom is -0.490 e. The lowest BCUT2D eigenvalue weighted by atomic mass is 10.0. The van der Waals surface area contributed by atoms with Crippen LogP contribution in [0.2, 0.25) is 0 Å². The third kappa shape index (κ3) is 4.89. The molecule has 1 aliphatic heterocycles. The molecule has 3 aromatic rings. The van der Waals surface area contributed by atoms with Crippen LogP contribution in [0.1, 0.15) is 12.8 Å². The van der Waals surface area contributed by atoms with Gasteiger partial charge in [0.15, 0.2) is 6.10 Å². The van der Waals surface area contributed by atoms with Gasteiger partial charge < -0.3 is 20.1 Å². The van der Waals surface area contributed by atoms with E-state index in [1.54, 1.807) is 23.2 Å². The minimum atomic E-state index is -1.16. The van der Waals surface area contributed by atoms with E-state index >= 15 is 0 Å². The largest absolute Gasteiger partial charge is 0.490 e. The molecule has 2 heterocycles. The van der Waals surface area contributed by atoms with Crippen molar-refractivity contribution >= 4 is 38.4 Å². The number of carbonyl (C=O) groups is 1. The van der Waals surface area contributed by atoms with Gasteiger partial charge in [-0.15, -0.1) is 0 Å². The third-order valence-electron chi connectivity index (χ3n) is 5.12. The second-order valence-electron chi connectivity index (χ2n) is 7.20. The van der Waals surface area contributed by atoms with E-state index < -0.39 is 6.10 Å². The summed E-state index contributed by atoms with van der Waals surface area (Å²) in [5, 5.41) is 21.8. The zero-order valence-corrected chi connectivity index (χ0v) is 17.4. The highest BCUT2D eigenvalue weighted by Crippen LogP contribution is 2.21. The molecule has 4 rings (SSSR count). The molecule has 0 spiro atoms. The van der Waals surface area contributed by atoms with Gasteiger partial charge in [-0.1, -0.05) is 15.9 Å². The Morgan fingerprint density at radius 3 is 2.79 bits per heavy atom. The van der Waals surface area contributed by atoms with E-state index in [0.717, 1.165) is 33.9 Å². The van der Waals surface area contributed by atoms with Gasteiger partial charge in [0.05, 0.1) is 11.7 Å². The number of aromatic amines is 1. The van der Waals surface area contributed by atoms with Gasteiger partial charge in [0.25, 0.3) is 5.91 Å². The Hall–Kier alpha value is -2.58. The Morgan fingerprint density at radius 2 is 2.03 bits per heavy atom. The number of hydrogen-bond acceptors (Lipinski definition) is 5. The molecule has 29 heavy (non-hydrogen) atoms. The monoisotopic (exact) mass is 458 g/mol. The number of benzene rings is 2. The average molecular weight is 459 g/mol. The van der Waals surface area contributed by atoms with Gasteiger partial charge in [0.1, 0.15) is 12.4 Å². The summed E-state index contributed by atoms with van der Waals surface area (Å²) in [6.07, 6.45) is 2.30. The van der Waals surface area contributed by atoms with Crippen LogP contribution >= 0.6 is 15.9 Å². The Bertz CT molecular complexity index is 967. The molecule has 3 N–H and O–H groups in total. The molecule has 0 aliphatic carbocycles. The third-order valence-corrected chi connectivity index (χ3v) is 5.65. The van der Waals surface area contributed by atoms with Crippen molar-refractivity contribution in [3.63, 3.8) is 0 Å². The Morgan fingerprint density at radius 1 is 1.28 bits per heavy atom. The van der Waals surface area contributed by atoms with Gasteiger partial charge >= 0.3 is 0 Å². The fourth-order valence-electron chi connectivity index (χ4n) is 3.50. The van der Waals surface area contributed by atoms with Crippen molar-refractivity contribution in [1.29, 1.82) is 0 Å². The zero-order chi connectivity index (χ0) is 20.2. The summed E-state index contributed by atoms with van der Waals surface area (Å²) >= 11 is 3.36. The maximum atomic E-state index is 12.5. The van der Waals surface area contributed by atoms with E-state index in [1.165, 1.54) is 0 Å². The molecule has 0 radical (unpaired) electrons. The summed E-state index contributed by atoms with van der Waals surface area (Å²) in [5.74, 6) is 0.345. The number of aliphatic hydroxyl groups is 1. The van der Waals surface area contributed by atoms with E-state index in [4.69, 9.17) is 4.74 Å². The molecule has 0 saturated carbocycles. The van der Waals surface area contributed by atoms with Gasteiger partial charge in [-0.2, -0.15) is 5.10 Å². The fourth-order valence-corrected chi connectivity index (χ4v) is 3.76. The quantitative estimate of drug-likeness (QED) is 0.527. The van der Waals surface area contributed by atoms with Crippen molar-refractivity contribution in [3.8, 4) is 5.75 Å². The number of ether oxygens (including phenoxy) is 1.